The summed E-state index contributed by atoms with van der Waals surface area (Å²) in [5.41, 5.74) is -0.204. The minimum Gasteiger partial charge on any atom is -0.481 e. The number of carbonyl (C=O) groups is 1. The van der Waals surface area contributed by atoms with Crippen LogP contribution in [0.1, 0.15) is 33.6 Å². The number of rotatable bonds is 5. The van der Waals surface area contributed by atoms with E-state index in [1.165, 1.54) is 0 Å². The molecule has 1 atom stereocenters. The number of hydrogen-bond donors (Lipinski definition) is 2. The second kappa shape index (κ2) is 4.94. The highest BCUT2D eigenvalue weighted by molar-refractivity contribution is 5.68. The van der Waals surface area contributed by atoms with Gasteiger partial charge in [-0.2, -0.15) is 0 Å². The van der Waals surface area contributed by atoms with Crippen molar-refractivity contribution < 1.29 is 9.90 Å². The monoisotopic (exact) mass is 214 g/mol. The Bertz CT molecular complexity index is 231. The summed E-state index contributed by atoms with van der Waals surface area (Å²) in [5, 5.41) is 12.3. The standard InChI is InChI=1S/C11H22N2O2/c1-4-12-11(7-10(14)15)5-6-13(8-11)9(2)3/h9,12H,4-8H2,1-3H3,(H,14,15). The maximum Gasteiger partial charge on any atom is 0.305 e. The molecule has 1 aliphatic heterocycles. The number of carboxylic acids is 1. The fraction of sp³-hybridized carbons (Fsp3) is 0.909. The number of hydrogen-bond acceptors (Lipinski definition) is 3. The van der Waals surface area contributed by atoms with Crippen LogP contribution in [0.15, 0.2) is 0 Å². The maximum atomic E-state index is 10.9. The van der Waals surface area contributed by atoms with Crippen molar-refractivity contribution in [3.63, 3.8) is 0 Å². The lowest BCUT2D eigenvalue weighted by Crippen LogP contribution is -2.49. The van der Waals surface area contributed by atoms with Crippen LogP contribution in [-0.4, -0.2) is 47.2 Å². The molecule has 1 fully saturated rings. The maximum absolute atomic E-state index is 10.9. The minimum absolute atomic E-state index is 0.204. The fourth-order valence-corrected chi connectivity index (χ4v) is 2.36. The SMILES string of the molecule is CCNC1(CC(=O)O)CCN(C(C)C)C1. The van der Waals surface area contributed by atoms with Crippen LogP contribution in [0.25, 0.3) is 0 Å². The number of carboxylic acid groups (broad SMARTS) is 1. The first-order valence-corrected chi connectivity index (χ1v) is 5.70. The molecule has 88 valence electrons. The van der Waals surface area contributed by atoms with Crippen molar-refractivity contribution in [3.8, 4) is 0 Å². The van der Waals surface area contributed by atoms with Gasteiger partial charge in [-0.05, 0) is 26.8 Å². The molecule has 1 heterocycles. The normalized spacial score (nSPS) is 27.5. The summed E-state index contributed by atoms with van der Waals surface area (Å²) in [6.45, 7) is 9.02. The van der Waals surface area contributed by atoms with Crippen LogP contribution in [0, 0.1) is 0 Å². The van der Waals surface area contributed by atoms with E-state index in [0.717, 1.165) is 26.1 Å². The van der Waals surface area contributed by atoms with Crippen molar-refractivity contribution in [2.45, 2.75) is 45.2 Å². The van der Waals surface area contributed by atoms with E-state index in [4.69, 9.17) is 5.11 Å². The van der Waals surface area contributed by atoms with Crippen molar-refractivity contribution in [1.29, 1.82) is 0 Å². The predicted molar refractivity (Wildman–Crippen MR) is 60.0 cm³/mol. The van der Waals surface area contributed by atoms with Gasteiger partial charge in [0.25, 0.3) is 0 Å². The Morgan fingerprint density at radius 1 is 1.60 bits per heavy atom. The molecule has 4 heteroatoms. The van der Waals surface area contributed by atoms with Gasteiger partial charge in [-0.3, -0.25) is 9.69 Å². The Hall–Kier alpha value is -0.610. The van der Waals surface area contributed by atoms with Crippen molar-refractivity contribution in [2.75, 3.05) is 19.6 Å². The van der Waals surface area contributed by atoms with Crippen LogP contribution in [0.3, 0.4) is 0 Å². The number of likely N-dealkylation sites (N-methyl/N-ethyl adjacent to an activating group) is 1. The Labute approximate surface area is 91.6 Å². The van der Waals surface area contributed by atoms with Gasteiger partial charge in [0, 0.05) is 24.7 Å². The van der Waals surface area contributed by atoms with Gasteiger partial charge >= 0.3 is 5.97 Å². The molecular weight excluding hydrogens is 192 g/mol. The number of nitrogens with one attached hydrogen (secondary N) is 1. The molecule has 1 rings (SSSR count). The van der Waals surface area contributed by atoms with Crippen LogP contribution in [0.5, 0.6) is 0 Å². The summed E-state index contributed by atoms with van der Waals surface area (Å²) in [4.78, 5) is 13.2. The third-order valence-electron chi connectivity index (χ3n) is 3.16. The summed E-state index contributed by atoms with van der Waals surface area (Å²) >= 11 is 0. The molecule has 1 unspecified atom stereocenters. The summed E-state index contributed by atoms with van der Waals surface area (Å²) in [6, 6.07) is 0.499. The lowest BCUT2D eigenvalue weighted by atomic mass is 9.94. The van der Waals surface area contributed by atoms with Crippen molar-refractivity contribution in [2.24, 2.45) is 0 Å². The predicted octanol–water partition coefficient (Wildman–Crippen LogP) is 0.923. The molecule has 0 aliphatic carbocycles. The van der Waals surface area contributed by atoms with E-state index in [9.17, 15) is 4.79 Å². The van der Waals surface area contributed by atoms with Crippen LogP contribution in [0.2, 0.25) is 0 Å². The van der Waals surface area contributed by atoms with Crippen molar-refractivity contribution in [3.05, 3.63) is 0 Å². The first-order chi connectivity index (χ1) is 6.99. The molecule has 4 nitrogen and oxygen atoms in total. The van der Waals surface area contributed by atoms with Gasteiger partial charge in [-0.25, -0.2) is 0 Å². The largest absolute Gasteiger partial charge is 0.481 e. The van der Waals surface area contributed by atoms with Gasteiger partial charge in [0.05, 0.1) is 6.42 Å². The molecule has 0 aromatic carbocycles. The summed E-state index contributed by atoms with van der Waals surface area (Å²) < 4.78 is 0. The third kappa shape index (κ3) is 3.18. The highest BCUT2D eigenvalue weighted by Gasteiger charge is 2.39. The average Bonchev–Trinajstić information content (AvgIpc) is 2.48. The zero-order valence-corrected chi connectivity index (χ0v) is 9.92. The number of nitrogens with zero attached hydrogens (tertiary/aromatic N) is 1. The topological polar surface area (TPSA) is 52.6 Å². The molecule has 2 N–H and O–H groups in total. The minimum atomic E-state index is -0.707. The second-order valence-corrected chi connectivity index (χ2v) is 4.70. The van der Waals surface area contributed by atoms with Gasteiger partial charge in [-0.1, -0.05) is 6.92 Å². The highest BCUT2D eigenvalue weighted by Crippen LogP contribution is 2.26. The van der Waals surface area contributed by atoms with E-state index in [0.29, 0.717) is 6.04 Å². The molecule has 0 radical (unpaired) electrons. The van der Waals surface area contributed by atoms with Crippen LogP contribution in [-0.2, 0) is 4.79 Å². The van der Waals surface area contributed by atoms with Gasteiger partial charge in [0.15, 0.2) is 0 Å². The first kappa shape index (κ1) is 12.5. The van der Waals surface area contributed by atoms with Crippen LogP contribution >= 0.6 is 0 Å². The van der Waals surface area contributed by atoms with Gasteiger partial charge in [-0.15, -0.1) is 0 Å². The number of aliphatic carboxylic acids is 1. The second-order valence-electron chi connectivity index (χ2n) is 4.70. The fourth-order valence-electron chi connectivity index (χ4n) is 2.36. The molecule has 0 aromatic rings. The van der Waals surface area contributed by atoms with E-state index in [1.807, 2.05) is 6.92 Å². The van der Waals surface area contributed by atoms with E-state index in [1.54, 1.807) is 0 Å². The zero-order chi connectivity index (χ0) is 11.5. The van der Waals surface area contributed by atoms with E-state index in [-0.39, 0.29) is 12.0 Å². The summed E-state index contributed by atoms with van der Waals surface area (Å²) in [7, 11) is 0. The molecule has 0 saturated carbocycles. The Balaban J connectivity index is 2.64. The Kier molecular flexibility index (Phi) is 4.11. The third-order valence-corrected chi connectivity index (χ3v) is 3.16. The molecule has 15 heavy (non-hydrogen) atoms. The zero-order valence-electron chi connectivity index (χ0n) is 9.92. The Morgan fingerprint density at radius 2 is 2.27 bits per heavy atom. The molecule has 1 saturated heterocycles. The molecule has 0 amide bonds. The van der Waals surface area contributed by atoms with Gasteiger partial charge < -0.3 is 10.4 Å². The summed E-state index contributed by atoms with van der Waals surface area (Å²) in [5.74, 6) is -0.707. The molecule has 0 aromatic heterocycles. The van der Waals surface area contributed by atoms with Crippen LogP contribution < -0.4 is 5.32 Å². The van der Waals surface area contributed by atoms with Gasteiger partial charge in [0.2, 0.25) is 0 Å². The van der Waals surface area contributed by atoms with Crippen molar-refractivity contribution >= 4 is 5.97 Å². The summed E-state index contributed by atoms with van der Waals surface area (Å²) in [6.07, 6.45) is 1.16. The van der Waals surface area contributed by atoms with Crippen LogP contribution in [0.4, 0.5) is 0 Å². The quantitative estimate of drug-likeness (QED) is 0.714. The highest BCUT2D eigenvalue weighted by atomic mass is 16.4. The van der Waals surface area contributed by atoms with E-state index in [2.05, 4.69) is 24.1 Å². The Morgan fingerprint density at radius 3 is 2.67 bits per heavy atom. The molecule has 1 aliphatic rings. The molecule has 0 spiro atoms. The lowest BCUT2D eigenvalue weighted by Gasteiger charge is -2.30. The van der Waals surface area contributed by atoms with E-state index < -0.39 is 5.97 Å². The van der Waals surface area contributed by atoms with E-state index >= 15 is 0 Å². The number of likely N-dealkylation sites (tertiary alicyclic amines) is 1. The average molecular weight is 214 g/mol. The van der Waals surface area contributed by atoms with Crippen molar-refractivity contribution in [1.82, 2.24) is 10.2 Å². The molecule has 0 bridgehead atoms. The van der Waals surface area contributed by atoms with Gasteiger partial charge in [0.1, 0.15) is 0 Å². The smallest absolute Gasteiger partial charge is 0.305 e. The lowest BCUT2D eigenvalue weighted by molar-refractivity contribution is -0.138. The first-order valence-electron chi connectivity index (χ1n) is 5.70. The molecular formula is C11H22N2O2.